The van der Waals surface area contributed by atoms with Crippen molar-refractivity contribution in [3.05, 3.63) is 52.5 Å². The molecule has 0 spiro atoms. The van der Waals surface area contributed by atoms with E-state index in [1.807, 2.05) is 13.0 Å². The minimum Gasteiger partial charge on any atom is -0.495 e. The van der Waals surface area contributed by atoms with Gasteiger partial charge < -0.3 is 14.8 Å². The number of carbonyl (C=O) groups is 2. The third-order valence-electron chi connectivity index (χ3n) is 4.20. The second-order valence-corrected chi connectivity index (χ2v) is 9.23. The largest absolute Gasteiger partial charge is 0.495 e. The predicted octanol–water partition coefficient (Wildman–Crippen LogP) is 3.09. The van der Waals surface area contributed by atoms with E-state index in [9.17, 15) is 18.0 Å². The molecule has 8 nitrogen and oxygen atoms in total. The Morgan fingerprint density at radius 1 is 1.13 bits per heavy atom. The average molecular weight is 455 g/mol. The maximum absolute atomic E-state index is 12.5. The van der Waals surface area contributed by atoms with Gasteiger partial charge in [-0.3, -0.25) is 4.79 Å². The van der Waals surface area contributed by atoms with Crippen molar-refractivity contribution in [1.29, 1.82) is 0 Å². The van der Waals surface area contributed by atoms with Crippen LogP contribution in [0.4, 0.5) is 5.69 Å². The Kier molecular flexibility index (Phi) is 7.46. The maximum atomic E-state index is 12.5. The van der Waals surface area contributed by atoms with E-state index in [4.69, 9.17) is 21.1 Å². The highest BCUT2D eigenvalue weighted by atomic mass is 35.5. The maximum Gasteiger partial charge on any atom is 0.340 e. The zero-order chi connectivity index (χ0) is 22.6. The molecule has 0 aromatic heterocycles. The van der Waals surface area contributed by atoms with Crippen LogP contribution in [0.3, 0.4) is 0 Å². The Bertz CT molecular complexity index is 1070. The molecule has 1 amide bonds. The molecule has 1 atom stereocenters. The Balaban J connectivity index is 2.20. The number of benzene rings is 2. The van der Waals surface area contributed by atoms with Crippen molar-refractivity contribution in [2.75, 3.05) is 26.5 Å². The van der Waals surface area contributed by atoms with Gasteiger partial charge in [0.05, 0.1) is 28.3 Å². The van der Waals surface area contributed by atoms with Crippen LogP contribution in [0.25, 0.3) is 0 Å². The molecule has 2 aromatic carbocycles. The van der Waals surface area contributed by atoms with Crippen LogP contribution in [0.5, 0.6) is 5.75 Å². The molecule has 1 unspecified atom stereocenters. The van der Waals surface area contributed by atoms with Crippen LogP contribution >= 0.6 is 11.6 Å². The van der Waals surface area contributed by atoms with Gasteiger partial charge in [0.2, 0.25) is 10.0 Å². The number of halogens is 1. The number of rotatable bonds is 7. The topological polar surface area (TPSA) is 102 Å². The van der Waals surface area contributed by atoms with Crippen LogP contribution in [-0.2, 0) is 19.6 Å². The van der Waals surface area contributed by atoms with E-state index in [2.05, 4.69) is 5.32 Å². The molecule has 0 heterocycles. The Morgan fingerprint density at radius 2 is 1.80 bits per heavy atom. The van der Waals surface area contributed by atoms with Gasteiger partial charge in [-0.25, -0.2) is 17.5 Å². The van der Waals surface area contributed by atoms with Gasteiger partial charge >= 0.3 is 5.97 Å². The Labute approximate surface area is 180 Å². The molecule has 0 fully saturated rings. The number of hydrogen-bond donors (Lipinski definition) is 1. The fourth-order valence-electron chi connectivity index (χ4n) is 2.46. The molecular weight excluding hydrogens is 432 g/mol. The number of ether oxygens (including phenoxy) is 2. The third kappa shape index (κ3) is 5.29. The van der Waals surface area contributed by atoms with E-state index < -0.39 is 28.0 Å². The molecular formula is C20H23ClN2O6S. The first-order valence-corrected chi connectivity index (χ1v) is 10.7. The van der Waals surface area contributed by atoms with Crippen molar-refractivity contribution in [1.82, 2.24) is 4.31 Å². The van der Waals surface area contributed by atoms with Crippen LogP contribution in [0.1, 0.15) is 22.8 Å². The quantitative estimate of drug-likeness (QED) is 0.645. The summed E-state index contributed by atoms with van der Waals surface area (Å²) < 4.78 is 36.0. The lowest BCUT2D eigenvalue weighted by Gasteiger charge is -2.17. The zero-order valence-corrected chi connectivity index (χ0v) is 18.8. The second-order valence-electron chi connectivity index (χ2n) is 6.67. The van der Waals surface area contributed by atoms with E-state index in [-0.39, 0.29) is 15.5 Å². The van der Waals surface area contributed by atoms with Crippen LogP contribution < -0.4 is 10.1 Å². The number of carbonyl (C=O) groups excluding carboxylic acids is 2. The number of sulfonamides is 1. The lowest BCUT2D eigenvalue weighted by molar-refractivity contribution is -0.123. The van der Waals surface area contributed by atoms with Gasteiger partial charge in [0.1, 0.15) is 5.75 Å². The van der Waals surface area contributed by atoms with Gasteiger partial charge in [-0.1, -0.05) is 17.7 Å². The molecule has 10 heteroatoms. The highest BCUT2D eigenvalue weighted by Crippen LogP contribution is 2.26. The molecule has 0 aliphatic rings. The summed E-state index contributed by atoms with van der Waals surface area (Å²) in [4.78, 5) is 24.9. The van der Waals surface area contributed by atoms with Gasteiger partial charge in [-0.05, 0) is 49.7 Å². The number of anilines is 1. The van der Waals surface area contributed by atoms with Crippen molar-refractivity contribution < 1.29 is 27.5 Å². The Hall–Kier alpha value is -2.62. The highest BCUT2D eigenvalue weighted by molar-refractivity contribution is 7.89. The molecule has 162 valence electrons. The molecule has 1 N–H and O–H groups in total. The van der Waals surface area contributed by atoms with E-state index in [0.717, 1.165) is 15.9 Å². The first-order valence-electron chi connectivity index (χ1n) is 8.86. The van der Waals surface area contributed by atoms with Gasteiger partial charge in [-0.2, -0.15) is 0 Å². The van der Waals surface area contributed by atoms with E-state index in [0.29, 0.717) is 11.4 Å². The fourth-order valence-corrected chi connectivity index (χ4v) is 3.59. The lowest BCUT2D eigenvalue weighted by Crippen LogP contribution is -2.30. The van der Waals surface area contributed by atoms with Crippen molar-refractivity contribution in [3.63, 3.8) is 0 Å². The summed E-state index contributed by atoms with van der Waals surface area (Å²) in [6.07, 6.45) is -1.17. The van der Waals surface area contributed by atoms with Gasteiger partial charge in [0.25, 0.3) is 5.91 Å². The molecule has 0 aliphatic heterocycles. The molecule has 0 aliphatic carbocycles. The summed E-state index contributed by atoms with van der Waals surface area (Å²) >= 11 is 6.04. The fraction of sp³-hybridized carbons (Fsp3) is 0.300. The summed E-state index contributed by atoms with van der Waals surface area (Å²) in [5.41, 5.74) is 1.18. The summed E-state index contributed by atoms with van der Waals surface area (Å²) in [6.45, 7) is 3.25. The zero-order valence-electron chi connectivity index (χ0n) is 17.2. The summed E-state index contributed by atoms with van der Waals surface area (Å²) in [7, 11) is 0.437. The highest BCUT2D eigenvalue weighted by Gasteiger charge is 2.24. The predicted molar refractivity (Wildman–Crippen MR) is 114 cm³/mol. The number of amides is 1. The lowest BCUT2D eigenvalue weighted by atomic mass is 10.2. The van der Waals surface area contributed by atoms with E-state index in [1.165, 1.54) is 40.3 Å². The van der Waals surface area contributed by atoms with Crippen molar-refractivity contribution >= 4 is 39.2 Å². The third-order valence-corrected chi connectivity index (χ3v) is 6.34. The number of nitrogens with zero attached hydrogens (tertiary/aromatic N) is 1. The van der Waals surface area contributed by atoms with Crippen LogP contribution in [-0.4, -0.2) is 51.9 Å². The van der Waals surface area contributed by atoms with Gasteiger partial charge in [0.15, 0.2) is 6.10 Å². The van der Waals surface area contributed by atoms with E-state index >= 15 is 0 Å². The van der Waals surface area contributed by atoms with Crippen LogP contribution in [0, 0.1) is 6.92 Å². The summed E-state index contributed by atoms with van der Waals surface area (Å²) in [6, 6.07) is 8.95. The van der Waals surface area contributed by atoms with Crippen LogP contribution in [0.15, 0.2) is 41.3 Å². The summed E-state index contributed by atoms with van der Waals surface area (Å²) in [5.74, 6) is -1.05. The van der Waals surface area contributed by atoms with Crippen LogP contribution in [0.2, 0.25) is 5.02 Å². The number of hydrogen-bond acceptors (Lipinski definition) is 6. The standard InChI is InChI=1S/C20H23ClN2O6S/c1-12-6-9-18(28-5)17(10-12)22-19(24)13(2)29-20(25)15-11-14(7-8-16(15)21)30(26,27)23(3)4/h6-11,13H,1-5H3,(H,22,24). The van der Waals surface area contributed by atoms with Gasteiger partial charge in [-0.15, -0.1) is 0 Å². The first kappa shape index (κ1) is 23.7. The van der Waals surface area contributed by atoms with E-state index in [1.54, 1.807) is 12.1 Å². The molecule has 0 saturated carbocycles. The summed E-state index contributed by atoms with van der Waals surface area (Å²) in [5, 5.41) is 2.65. The number of nitrogens with one attached hydrogen (secondary N) is 1. The molecule has 0 saturated heterocycles. The molecule has 0 radical (unpaired) electrons. The van der Waals surface area contributed by atoms with Crippen molar-refractivity contribution in [3.8, 4) is 5.75 Å². The molecule has 2 rings (SSSR count). The normalized spacial score (nSPS) is 12.4. The smallest absolute Gasteiger partial charge is 0.340 e. The minimum absolute atomic E-state index is 0.00525. The average Bonchev–Trinajstić information content (AvgIpc) is 2.68. The molecule has 30 heavy (non-hydrogen) atoms. The van der Waals surface area contributed by atoms with Crippen molar-refractivity contribution in [2.45, 2.75) is 24.8 Å². The SMILES string of the molecule is COc1ccc(C)cc1NC(=O)C(C)OC(=O)c1cc(S(=O)(=O)N(C)C)ccc1Cl. The second kappa shape index (κ2) is 9.46. The first-order chi connectivity index (χ1) is 14.0. The van der Waals surface area contributed by atoms with Crippen molar-refractivity contribution in [2.24, 2.45) is 0 Å². The molecule has 2 aromatic rings. The minimum atomic E-state index is -3.77. The monoisotopic (exact) mass is 454 g/mol. The van der Waals surface area contributed by atoms with Gasteiger partial charge in [0, 0.05) is 14.1 Å². The Morgan fingerprint density at radius 3 is 2.40 bits per heavy atom. The number of methoxy groups -OCH3 is 1. The molecule has 0 bridgehead atoms. The number of aryl methyl sites for hydroxylation is 1. The number of esters is 1.